The topological polar surface area (TPSA) is 15.3 Å². The summed E-state index contributed by atoms with van der Waals surface area (Å²) in [5.74, 6) is 0.922. The first-order chi connectivity index (χ1) is 9.78. The Morgan fingerprint density at radius 1 is 1.25 bits per heavy atom. The fourth-order valence-electron chi connectivity index (χ4n) is 2.76. The molecule has 2 aliphatic rings. The zero-order chi connectivity index (χ0) is 13.9. The third kappa shape index (κ3) is 3.67. The Morgan fingerprint density at radius 2 is 2.05 bits per heavy atom. The standard InChI is InChI=1S/C17H25ClN2/c1-2-9-19-11-14-5-6-15(18)10-17(14)20(16-7-8-16)12-13-3-4-13/h5-6,10,13,16,19H,2-4,7-9,11-12H2,1H3. The van der Waals surface area contributed by atoms with Gasteiger partial charge in [-0.3, -0.25) is 0 Å². The van der Waals surface area contributed by atoms with Crippen molar-refractivity contribution >= 4 is 17.3 Å². The van der Waals surface area contributed by atoms with Crippen LogP contribution in [0, 0.1) is 5.92 Å². The lowest BCUT2D eigenvalue weighted by molar-refractivity contribution is 0.665. The van der Waals surface area contributed by atoms with Crippen LogP contribution < -0.4 is 10.2 Å². The zero-order valence-electron chi connectivity index (χ0n) is 12.4. The predicted octanol–water partition coefficient (Wildman–Crippen LogP) is 4.22. The van der Waals surface area contributed by atoms with Crippen LogP contribution in [0.3, 0.4) is 0 Å². The Morgan fingerprint density at radius 3 is 2.70 bits per heavy atom. The lowest BCUT2D eigenvalue weighted by atomic mass is 10.1. The third-order valence-corrected chi connectivity index (χ3v) is 4.47. The van der Waals surface area contributed by atoms with Gasteiger partial charge in [-0.05, 0) is 62.3 Å². The molecular formula is C17H25ClN2. The molecule has 2 aliphatic carbocycles. The first-order valence-corrected chi connectivity index (χ1v) is 8.41. The van der Waals surface area contributed by atoms with Crippen molar-refractivity contribution in [2.75, 3.05) is 18.0 Å². The van der Waals surface area contributed by atoms with Crippen molar-refractivity contribution < 1.29 is 0 Å². The Bertz CT molecular complexity index is 452. The van der Waals surface area contributed by atoms with Gasteiger partial charge in [-0.25, -0.2) is 0 Å². The molecule has 20 heavy (non-hydrogen) atoms. The third-order valence-electron chi connectivity index (χ3n) is 4.24. The normalized spacial score (nSPS) is 18.3. The van der Waals surface area contributed by atoms with Crippen LogP contribution in [-0.2, 0) is 6.54 Å². The molecule has 3 heteroatoms. The molecule has 1 aromatic carbocycles. The Balaban J connectivity index is 1.78. The molecule has 2 saturated carbocycles. The van der Waals surface area contributed by atoms with Crippen LogP contribution in [0.1, 0.15) is 44.6 Å². The molecule has 3 rings (SSSR count). The maximum atomic E-state index is 6.25. The lowest BCUT2D eigenvalue weighted by Crippen LogP contribution is -2.30. The number of rotatable bonds is 8. The van der Waals surface area contributed by atoms with Crippen LogP contribution in [0.2, 0.25) is 5.02 Å². The van der Waals surface area contributed by atoms with Crippen LogP contribution in [0.15, 0.2) is 18.2 Å². The Labute approximate surface area is 127 Å². The van der Waals surface area contributed by atoms with Crippen LogP contribution in [0.5, 0.6) is 0 Å². The maximum Gasteiger partial charge on any atom is 0.0429 e. The summed E-state index contributed by atoms with van der Waals surface area (Å²) in [6, 6.07) is 7.16. The van der Waals surface area contributed by atoms with Crippen molar-refractivity contribution in [2.45, 2.75) is 51.6 Å². The average Bonchev–Trinajstić information content (AvgIpc) is 3.31. The molecule has 0 bridgehead atoms. The number of nitrogens with one attached hydrogen (secondary N) is 1. The van der Waals surface area contributed by atoms with Gasteiger partial charge in [0.15, 0.2) is 0 Å². The molecule has 2 fully saturated rings. The summed E-state index contributed by atoms with van der Waals surface area (Å²) in [6.07, 6.45) is 6.69. The van der Waals surface area contributed by atoms with Crippen molar-refractivity contribution in [2.24, 2.45) is 5.92 Å². The summed E-state index contributed by atoms with van der Waals surface area (Å²) in [6.45, 7) is 5.47. The van der Waals surface area contributed by atoms with E-state index in [0.717, 1.165) is 30.1 Å². The lowest BCUT2D eigenvalue weighted by Gasteiger charge is -2.27. The molecule has 0 heterocycles. The smallest absolute Gasteiger partial charge is 0.0429 e. The minimum absolute atomic E-state index is 0.763. The molecule has 0 unspecified atom stereocenters. The van der Waals surface area contributed by atoms with Gasteiger partial charge in [-0.2, -0.15) is 0 Å². The molecule has 0 spiro atoms. The fourth-order valence-corrected chi connectivity index (χ4v) is 2.93. The summed E-state index contributed by atoms with van der Waals surface area (Å²) in [4.78, 5) is 2.63. The summed E-state index contributed by atoms with van der Waals surface area (Å²) < 4.78 is 0. The number of nitrogens with zero attached hydrogens (tertiary/aromatic N) is 1. The summed E-state index contributed by atoms with van der Waals surface area (Å²) >= 11 is 6.25. The number of benzene rings is 1. The van der Waals surface area contributed by atoms with Crippen molar-refractivity contribution in [3.05, 3.63) is 28.8 Å². The molecule has 0 saturated heterocycles. The Kier molecular flexibility index (Phi) is 4.52. The zero-order valence-corrected chi connectivity index (χ0v) is 13.1. The highest BCUT2D eigenvalue weighted by atomic mass is 35.5. The van der Waals surface area contributed by atoms with Crippen LogP contribution >= 0.6 is 11.6 Å². The average molecular weight is 293 g/mol. The summed E-state index contributed by atoms with van der Waals surface area (Å²) in [7, 11) is 0. The molecule has 0 radical (unpaired) electrons. The maximum absolute atomic E-state index is 6.25. The van der Waals surface area contributed by atoms with E-state index in [-0.39, 0.29) is 0 Å². The van der Waals surface area contributed by atoms with Gasteiger partial charge in [0.05, 0.1) is 0 Å². The van der Waals surface area contributed by atoms with E-state index in [4.69, 9.17) is 11.6 Å². The van der Waals surface area contributed by atoms with E-state index in [1.54, 1.807) is 0 Å². The van der Waals surface area contributed by atoms with Gasteiger partial charge in [0.1, 0.15) is 0 Å². The molecule has 110 valence electrons. The molecule has 1 N–H and O–H groups in total. The summed E-state index contributed by atoms with van der Waals surface area (Å²) in [5.41, 5.74) is 2.77. The van der Waals surface area contributed by atoms with Crippen LogP contribution in [0.25, 0.3) is 0 Å². The second kappa shape index (κ2) is 6.36. The second-order valence-electron chi connectivity index (χ2n) is 6.28. The fraction of sp³-hybridized carbons (Fsp3) is 0.647. The van der Waals surface area contributed by atoms with E-state index in [1.165, 1.54) is 49.9 Å². The molecule has 0 amide bonds. The Hall–Kier alpha value is -0.730. The monoisotopic (exact) mass is 292 g/mol. The van der Waals surface area contributed by atoms with E-state index in [2.05, 4.69) is 29.3 Å². The molecule has 2 nitrogen and oxygen atoms in total. The van der Waals surface area contributed by atoms with Crippen molar-refractivity contribution in [3.63, 3.8) is 0 Å². The van der Waals surface area contributed by atoms with Crippen molar-refractivity contribution in [1.82, 2.24) is 5.32 Å². The van der Waals surface area contributed by atoms with Gasteiger partial charge in [0, 0.05) is 29.8 Å². The number of hydrogen-bond donors (Lipinski definition) is 1. The van der Waals surface area contributed by atoms with E-state index in [0.29, 0.717) is 0 Å². The van der Waals surface area contributed by atoms with Crippen LogP contribution in [-0.4, -0.2) is 19.1 Å². The highest BCUT2D eigenvalue weighted by Gasteiger charge is 2.34. The minimum Gasteiger partial charge on any atom is -0.368 e. The summed E-state index contributed by atoms with van der Waals surface area (Å²) in [5, 5.41) is 4.39. The van der Waals surface area contributed by atoms with E-state index in [9.17, 15) is 0 Å². The SMILES string of the molecule is CCCNCc1ccc(Cl)cc1N(CC1CC1)C1CC1. The molecule has 0 atom stereocenters. The van der Waals surface area contributed by atoms with Gasteiger partial charge in [0.2, 0.25) is 0 Å². The van der Waals surface area contributed by atoms with Gasteiger partial charge in [-0.1, -0.05) is 24.6 Å². The van der Waals surface area contributed by atoms with Crippen molar-refractivity contribution in [3.8, 4) is 0 Å². The number of anilines is 1. The first-order valence-electron chi connectivity index (χ1n) is 8.03. The quantitative estimate of drug-likeness (QED) is 0.722. The molecular weight excluding hydrogens is 268 g/mol. The minimum atomic E-state index is 0.763. The number of hydrogen-bond acceptors (Lipinski definition) is 2. The van der Waals surface area contributed by atoms with E-state index >= 15 is 0 Å². The van der Waals surface area contributed by atoms with Gasteiger partial charge >= 0.3 is 0 Å². The number of halogens is 1. The van der Waals surface area contributed by atoms with Gasteiger partial charge in [-0.15, -0.1) is 0 Å². The highest BCUT2D eigenvalue weighted by molar-refractivity contribution is 6.30. The second-order valence-corrected chi connectivity index (χ2v) is 6.71. The van der Waals surface area contributed by atoms with Gasteiger partial charge in [0.25, 0.3) is 0 Å². The van der Waals surface area contributed by atoms with Crippen LogP contribution in [0.4, 0.5) is 5.69 Å². The highest BCUT2D eigenvalue weighted by Crippen LogP contribution is 2.39. The van der Waals surface area contributed by atoms with Crippen molar-refractivity contribution in [1.29, 1.82) is 0 Å². The largest absolute Gasteiger partial charge is 0.368 e. The predicted molar refractivity (Wildman–Crippen MR) is 86.5 cm³/mol. The van der Waals surface area contributed by atoms with E-state index in [1.807, 2.05) is 6.07 Å². The molecule has 0 aliphatic heterocycles. The molecule has 1 aromatic rings. The molecule has 0 aromatic heterocycles. The first kappa shape index (κ1) is 14.2. The van der Waals surface area contributed by atoms with E-state index < -0.39 is 0 Å². The van der Waals surface area contributed by atoms with Gasteiger partial charge < -0.3 is 10.2 Å².